The number of rotatable bonds is 4. The zero-order valence-electron chi connectivity index (χ0n) is 15.3. The number of anilines is 1. The van der Waals surface area contributed by atoms with Crippen LogP contribution in [0.4, 0.5) is 5.69 Å². The molecule has 0 fully saturated rings. The third-order valence-corrected chi connectivity index (χ3v) is 5.26. The summed E-state index contributed by atoms with van der Waals surface area (Å²) in [5, 5.41) is 0. The molecule has 0 radical (unpaired) electrons. The number of aryl methyl sites for hydroxylation is 2. The van der Waals surface area contributed by atoms with Crippen LogP contribution in [0.5, 0.6) is 0 Å². The lowest BCUT2D eigenvalue weighted by molar-refractivity contribution is -0.140. The molecule has 0 aromatic heterocycles. The second-order valence-corrected chi connectivity index (χ2v) is 7.88. The number of esters is 2. The van der Waals surface area contributed by atoms with Crippen molar-refractivity contribution in [3.05, 3.63) is 34.5 Å². The first-order valence-corrected chi connectivity index (χ1v) is 9.57. The van der Waals surface area contributed by atoms with Gasteiger partial charge in [-0.1, -0.05) is 6.07 Å². The number of methoxy groups -OCH3 is 2. The van der Waals surface area contributed by atoms with Crippen molar-refractivity contribution in [2.24, 2.45) is 0 Å². The monoisotopic (exact) mass is 383 g/mol. The minimum Gasteiger partial charge on any atom is -0.466 e. The third-order valence-electron chi connectivity index (χ3n) is 4.02. The van der Waals surface area contributed by atoms with Crippen molar-refractivity contribution in [2.75, 3.05) is 38.7 Å². The highest BCUT2D eigenvalue weighted by Crippen LogP contribution is 2.32. The maximum Gasteiger partial charge on any atom is 0.355 e. The summed E-state index contributed by atoms with van der Waals surface area (Å²) >= 11 is 0. The van der Waals surface area contributed by atoms with Crippen molar-refractivity contribution in [1.29, 1.82) is 0 Å². The largest absolute Gasteiger partial charge is 0.466 e. The molecule has 0 unspecified atom stereocenters. The summed E-state index contributed by atoms with van der Waals surface area (Å²) in [5.41, 5.74) is 1.70. The van der Waals surface area contributed by atoms with Gasteiger partial charge in [-0.05, 0) is 31.0 Å². The molecule has 1 aromatic rings. The Bertz CT molecular complexity index is 887. The summed E-state index contributed by atoms with van der Waals surface area (Å²) in [6.45, 7) is 3.31. The number of nitrogens with zero attached hydrogens (tertiary/aromatic N) is 1. The number of sulfone groups is 1. The molecule has 0 atom stereocenters. The number of hydrogen-bond acceptors (Lipinski definition) is 8. The van der Waals surface area contributed by atoms with E-state index in [9.17, 15) is 18.0 Å². The molecular weight excluding hydrogens is 362 g/mol. The lowest BCUT2D eigenvalue weighted by atomic mass is 10.1. The molecule has 0 spiro atoms. The third kappa shape index (κ3) is 3.73. The zero-order chi connectivity index (χ0) is 19.6. The van der Waals surface area contributed by atoms with Crippen LogP contribution in [-0.2, 0) is 33.6 Å². The Labute approximate surface area is 152 Å². The van der Waals surface area contributed by atoms with Gasteiger partial charge in [0.05, 0.1) is 31.3 Å². The van der Waals surface area contributed by atoms with E-state index >= 15 is 0 Å². The summed E-state index contributed by atoms with van der Waals surface area (Å²) < 4.78 is 39.1. The zero-order valence-corrected chi connectivity index (χ0v) is 16.1. The van der Waals surface area contributed by atoms with Crippen molar-refractivity contribution in [3.63, 3.8) is 0 Å². The highest BCUT2D eigenvalue weighted by atomic mass is 32.2. The van der Waals surface area contributed by atoms with E-state index in [1.54, 1.807) is 19.9 Å². The highest BCUT2D eigenvalue weighted by Gasteiger charge is 2.33. The molecule has 0 saturated heterocycles. The van der Waals surface area contributed by atoms with Crippen molar-refractivity contribution in [3.8, 4) is 0 Å². The van der Waals surface area contributed by atoms with Gasteiger partial charge in [0.2, 0.25) is 0 Å². The molecule has 0 amide bonds. The number of ether oxygens (including phenoxy) is 3. The predicted octanol–water partition coefficient (Wildman–Crippen LogP) is 1.10. The van der Waals surface area contributed by atoms with Gasteiger partial charge in [-0.15, -0.1) is 0 Å². The lowest BCUT2D eigenvalue weighted by Gasteiger charge is -2.32. The van der Waals surface area contributed by atoms with Crippen molar-refractivity contribution < 1.29 is 32.2 Å². The van der Waals surface area contributed by atoms with Crippen LogP contribution in [0.2, 0.25) is 0 Å². The Kier molecular flexibility index (Phi) is 5.72. The van der Waals surface area contributed by atoms with Crippen LogP contribution in [0, 0.1) is 13.8 Å². The minimum absolute atomic E-state index is 0.00600. The molecule has 26 heavy (non-hydrogen) atoms. The standard InChI is InChI=1S/C17H21NO7S/c1-10-6-11(2)14(26(5,21)22)7-13(10)18-9-25-8-12(16(19)23-3)15(18)17(20)24-4/h6-7H,8-9H2,1-5H3. The molecule has 0 saturated carbocycles. The Morgan fingerprint density at radius 3 is 2.23 bits per heavy atom. The van der Waals surface area contributed by atoms with Gasteiger partial charge in [-0.25, -0.2) is 18.0 Å². The molecule has 0 aliphatic carbocycles. The quantitative estimate of drug-likeness (QED) is 0.713. The second-order valence-electron chi connectivity index (χ2n) is 5.89. The normalized spacial score (nSPS) is 15.0. The molecule has 0 bridgehead atoms. The Balaban J connectivity index is 2.73. The molecular formula is C17H21NO7S. The fourth-order valence-electron chi connectivity index (χ4n) is 2.85. The second kappa shape index (κ2) is 7.46. The van der Waals surface area contributed by atoms with E-state index < -0.39 is 21.8 Å². The fourth-order valence-corrected chi connectivity index (χ4v) is 3.82. The van der Waals surface area contributed by atoms with Gasteiger partial charge in [0.15, 0.2) is 9.84 Å². The summed E-state index contributed by atoms with van der Waals surface area (Å²) in [4.78, 5) is 25.9. The Morgan fingerprint density at radius 1 is 1.08 bits per heavy atom. The van der Waals surface area contributed by atoms with Gasteiger partial charge >= 0.3 is 11.9 Å². The summed E-state index contributed by atoms with van der Waals surface area (Å²) in [6.07, 6.45) is 1.11. The molecule has 1 aliphatic rings. The van der Waals surface area contributed by atoms with Crippen molar-refractivity contribution in [2.45, 2.75) is 18.7 Å². The van der Waals surface area contributed by atoms with Gasteiger partial charge in [0, 0.05) is 11.9 Å². The molecule has 142 valence electrons. The van der Waals surface area contributed by atoms with E-state index in [1.807, 2.05) is 0 Å². The van der Waals surface area contributed by atoms with Gasteiger partial charge < -0.3 is 19.1 Å². The van der Waals surface area contributed by atoms with Crippen LogP contribution < -0.4 is 4.90 Å². The lowest BCUT2D eigenvalue weighted by Crippen LogP contribution is -2.39. The maximum absolute atomic E-state index is 12.3. The van der Waals surface area contributed by atoms with E-state index in [0.717, 1.165) is 6.26 Å². The summed E-state index contributed by atoms with van der Waals surface area (Å²) in [7, 11) is -1.09. The average molecular weight is 383 g/mol. The molecule has 9 heteroatoms. The first kappa shape index (κ1) is 19.9. The maximum atomic E-state index is 12.3. The van der Waals surface area contributed by atoms with Crippen LogP contribution in [0.3, 0.4) is 0 Å². The molecule has 1 aromatic carbocycles. The van der Waals surface area contributed by atoms with Crippen LogP contribution >= 0.6 is 0 Å². The first-order valence-electron chi connectivity index (χ1n) is 7.68. The Morgan fingerprint density at radius 2 is 1.69 bits per heavy atom. The molecule has 1 heterocycles. The van der Waals surface area contributed by atoms with Crippen LogP contribution in [0.15, 0.2) is 28.3 Å². The molecule has 8 nitrogen and oxygen atoms in total. The smallest absolute Gasteiger partial charge is 0.355 e. The molecule has 0 N–H and O–H groups in total. The topological polar surface area (TPSA) is 99.2 Å². The van der Waals surface area contributed by atoms with E-state index in [2.05, 4.69) is 0 Å². The number of benzene rings is 1. The van der Waals surface area contributed by atoms with E-state index in [1.165, 1.54) is 25.2 Å². The summed E-state index contributed by atoms with van der Waals surface area (Å²) in [6, 6.07) is 3.17. The van der Waals surface area contributed by atoms with Crippen LogP contribution in [0.1, 0.15) is 11.1 Å². The van der Waals surface area contributed by atoms with Crippen molar-refractivity contribution >= 4 is 27.5 Å². The van der Waals surface area contributed by atoms with Gasteiger partial charge in [0.1, 0.15) is 12.4 Å². The van der Waals surface area contributed by atoms with Crippen molar-refractivity contribution in [1.82, 2.24) is 0 Å². The van der Waals surface area contributed by atoms with Gasteiger partial charge in [-0.2, -0.15) is 0 Å². The highest BCUT2D eigenvalue weighted by molar-refractivity contribution is 7.90. The SMILES string of the molecule is COC(=O)C1=C(C(=O)OC)N(c2cc(S(C)(=O)=O)c(C)cc2C)COC1. The van der Waals surface area contributed by atoms with E-state index in [-0.39, 0.29) is 29.5 Å². The molecule has 1 aliphatic heterocycles. The Hall–Kier alpha value is -2.39. The minimum atomic E-state index is -3.48. The fraction of sp³-hybridized carbons (Fsp3) is 0.412. The number of carbonyl (C=O) groups is 2. The summed E-state index contributed by atoms with van der Waals surface area (Å²) in [5.74, 6) is -1.46. The van der Waals surface area contributed by atoms with Crippen LogP contribution in [-0.4, -0.2) is 54.2 Å². The predicted molar refractivity (Wildman–Crippen MR) is 93.4 cm³/mol. The van der Waals surface area contributed by atoms with E-state index in [0.29, 0.717) is 16.8 Å². The number of carbonyl (C=O) groups excluding carboxylic acids is 2. The van der Waals surface area contributed by atoms with Gasteiger partial charge in [0.25, 0.3) is 0 Å². The first-order chi connectivity index (χ1) is 12.1. The van der Waals surface area contributed by atoms with Gasteiger partial charge in [-0.3, -0.25) is 0 Å². The number of hydrogen-bond donors (Lipinski definition) is 0. The van der Waals surface area contributed by atoms with Crippen LogP contribution in [0.25, 0.3) is 0 Å². The van der Waals surface area contributed by atoms with E-state index in [4.69, 9.17) is 14.2 Å². The molecule has 2 rings (SSSR count). The average Bonchev–Trinajstić information content (AvgIpc) is 2.58.